The van der Waals surface area contributed by atoms with Gasteiger partial charge in [-0.3, -0.25) is 23.7 Å². The molecule has 0 fully saturated rings. The van der Waals surface area contributed by atoms with Crippen molar-refractivity contribution in [1.82, 2.24) is 35.5 Å². The van der Waals surface area contributed by atoms with E-state index in [1.54, 1.807) is 25.3 Å². The number of imidazole rings is 1. The number of hydrogen-bond donors (Lipinski definition) is 7. The molecule has 0 saturated heterocycles. The van der Waals surface area contributed by atoms with E-state index < -0.39 is 68.3 Å². The Bertz CT molecular complexity index is 1720. The average molecular weight is 933 g/mol. The molecule has 19 nitrogen and oxygen atoms in total. The standard InChI is InChI=1S/C40H69N8O11PS2/c1-5-6-7-8-9-10-11-12-13-14-15-16-17-18-32(49)47-34(28(2)3)39(53)46-31(38(52)45-30(40(54)55)19-20-33(50)51)24-62-61-22-21-59-60(56,57)27-58-29(4)23-48-26-44-35-36(41)42-25-43-37(35)48/h25-26,28-31,34H,5-24,27H2,1-4H3,(H,45,52)(H,46,53)(H,47,49)(H,50,51)(H,54,55)(H,56,57)(H2,41,42,43)/t29-,30+,31+,34+/m1/s1. The number of carboxylic acid groups (broad SMARTS) is 2. The number of rotatable bonds is 36. The third-order valence-corrected chi connectivity index (χ3v) is 13.3. The molecule has 2 heterocycles. The van der Waals surface area contributed by atoms with Gasteiger partial charge in [-0.2, -0.15) is 0 Å². The van der Waals surface area contributed by atoms with Crippen molar-refractivity contribution in [3.05, 3.63) is 12.7 Å². The van der Waals surface area contributed by atoms with Gasteiger partial charge in [0.05, 0.1) is 25.6 Å². The minimum atomic E-state index is -4.16. The van der Waals surface area contributed by atoms with Crippen LogP contribution in [0.4, 0.5) is 5.82 Å². The molecule has 5 atom stereocenters. The number of aromatic nitrogens is 4. The lowest BCUT2D eigenvalue weighted by molar-refractivity contribution is -0.143. The molecule has 0 saturated carbocycles. The molecule has 2 aromatic heterocycles. The van der Waals surface area contributed by atoms with Crippen LogP contribution in [0.15, 0.2) is 12.7 Å². The first-order chi connectivity index (χ1) is 29.5. The minimum absolute atomic E-state index is 0.0673. The second-order valence-corrected chi connectivity index (χ2v) is 20.1. The Labute approximate surface area is 372 Å². The van der Waals surface area contributed by atoms with E-state index in [-0.39, 0.29) is 55.1 Å². The van der Waals surface area contributed by atoms with Crippen molar-refractivity contribution in [2.75, 3.05) is 30.2 Å². The van der Waals surface area contributed by atoms with E-state index in [1.165, 1.54) is 81.2 Å². The number of carbonyl (C=O) groups is 5. The van der Waals surface area contributed by atoms with Crippen molar-refractivity contribution in [2.24, 2.45) is 5.92 Å². The normalized spacial score (nSPS) is 14.5. The number of hydrogen-bond acceptors (Lipinski definition) is 14. The Morgan fingerprint density at radius 3 is 2.03 bits per heavy atom. The van der Waals surface area contributed by atoms with E-state index in [9.17, 15) is 38.5 Å². The van der Waals surface area contributed by atoms with E-state index >= 15 is 0 Å². The van der Waals surface area contributed by atoms with Crippen LogP contribution >= 0.6 is 29.2 Å². The predicted octanol–water partition coefficient (Wildman–Crippen LogP) is 5.90. The summed E-state index contributed by atoms with van der Waals surface area (Å²) in [4.78, 5) is 85.4. The number of amides is 3. The Morgan fingerprint density at radius 1 is 0.823 bits per heavy atom. The van der Waals surface area contributed by atoms with Crippen LogP contribution in [-0.4, -0.2) is 113 Å². The summed E-state index contributed by atoms with van der Waals surface area (Å²) in [6, 6.07) is -3.79. The molecule has 3 amide bonds. The molecule has 0 radical (unpaired) electrons. The first kappa shape index (κ1) is 54.6. The van der Waals surface area contributed by atoms with Crippen molar-refractivity contribution >= 4 is 75.8 Å². The Kier molecular flexibility index (Phi) is 26.9. The van der Waals surface area contributed by atoms with Gasteiger partial charge in [0.2, 0.25) is 17.7 Å². The van der Waals surface area contributed by atoms with E-state index in [2.05, 4.69) is 37.8 Å². The van der Waals surface area contributed by atoms with Crippen molar-refractivity contribution in [3.8, 4) is 0 Å². The summed E-state index contributed by atoms with van der Waals surface area (Å²) in [6.45, 7) is 7.53. The number of fused-ring (bicyclic) bond motifs is 1. The van der Waals surface area contributed by atoms with Crippen LogP contribution in [0.25, 0.3) is 11.2 Å². The maximum absolute atomic E-state index is 13.6. The molecule has 2 aromatic rings. The van der Waals surface area contributed by atoms with Gasteiger partial charge in [-0.05, 0) is 25.7 Å². The molecule has 62 heavy (non-hydrogen) atoms. The van der Waals surface area contributed by atoms with Gasteiger partial charge >= 0.3 is 19.5 Å². The lowest BCUT2D eigenvalue weighted by atomic mass is 10.0. The number of anilines is 1. The zero-order valence-electron chi connectivity index (χ0n) is 36.6. The van der Waals surface area contributed by atoms with Crippen LogP contribution < -0.4 is 21.7 Å². The molecule has 0 aliphatic heterocycles. The highest BCUT2D eigenvalue weighted by atomic mass is 33.1. The van der Waals surface area contributed by atoms with Crippen molar-refractivity contribution < 1.29 is 52.9 Å². The molecule has 0 spiro atoms. The molecule has 0 aromatic carbocycles. The van der Waals surface area contributed by atoms with Gasteiger partial charge in [0.25, 0.3) is 0 Å². The lowest BCUT2D eigenvalue weighted by Crippen LogP contribution is -2.57. The largest absolute Gasteiger partial charge is 0.481 e. The van der Waals surface area contributed by atoms with Gasteiger partial charge in [0, 0.05) is 24.3 Å². The average Bonchev–Trinajstić information content (AvgIpc) is 3.63. The van der Waals surface area contributed by atoms with Crippen LogP contribution in [0.5, 0.6) is 0 Å². The highest BCUT2D eigenvalue weighted by Crippen LogP contribution is 2.42. The smallest absolute Gasteiger partial charge is 0.353 e. The fraction of sp³-hybridized carbons (Fsp3) is 0.750. The molecule has 352 valence electrons. The van der Waals surface area contributed by atoms with Crippen LogP contribution in [0.1, 0.15) is 130 Å². The highest BCUT2D eigenvalue weighted by molar-refractivity contribution is 8.76. The van der Waals surface area contributed by atoms with Gasteiger partial charge in [-0.15, -0.1) is 0 Å². The fourth-order valence-corrected chi connectivity index (χ4v) is 9.34. The Morgan fingerprint density at radius 2 is 1.44 bits per heavy atom. The van der Waals surface area contributed by atoms with Gasteiger partial charge in [-0.25, -0.2) is 19.7 Å². The number of ether oxygens (including phenoxy) is 1. The predicted molar refractivity (Wildman–Crippen MR) is 241 cm³/mol. The van der Waals surface area contributed by atoms with Crippen molar-refractivity contribution in [2.45, 2.75) is 161 Å². The molecule has 1 unspecified atom stereocenters. The van der Waals surface area contributed by atoms with Gasteiger partial charge in [0.15, 0.2) is 11.5 Å². The molecule has 0 aliphatic carbocycles. The van der Waals surface area contributed by atoms with Gasteiger partial charge < -0.3 is 50.6 Å². The lowest BCUT2D eigenvalue weighted by Gasteiger charge is -2.26. The number of nitrogens with one attached hydrogen (secondary N) is 3. The van der Waals surface area contributed by atoms with E-state index in [4.69, 9.17) is 20.1 Å². The molecule has 22 heteroatoms. The second-order valence-electron chi connectivity index (χ2n) is 15.7. The SMILES string of the molecule is CCCCCCCCCCCCCCCC(=O)N[C@H](C(=O)N[C@@H](CSSCCOP(=O)(O)CO[C@H](C)Cn1cnc2c(N)ncnc21)C(=O)N[C@@H](CCC(=O)O)C(=O)O)C(C)C. The fourth-order valence-electron chi connectivity index (χ4n) is 6.34. The summed E-state index contributed by atoms with van der Waals surface area (Å²) in [6.07, 6.45) is 16.3. The number of carbonyl (C=O) groups excluding carboxylic acids is 3. The monoisotopic (exact) mass is 932 g/mol. The van der Waals surface area contributed by atoms with Crippen LogP contribution in [0, 0.1) is 5.92 Å². The van der Waals surface area contributed by atoms with Crippen LogP contribution in [0.2, 0.25) is 0 Å². The minimum Gasteiger partial charge on any atom is -0.481 e. The van der Waals surface area contributed by atoms with Crippen molar-refractivity contribution in [3.63, 3.8) is 0 Å². The summed E-state index contributed by atoms with van der Waals surface area (Å²) in [7, 11) is -1.86. The summed E-state index contributed by atoms with van der Waals surface area (Å²) < 4.78 is 25.1. The third-order valence-electron chi connectivity index (χ3n) is 9.85. The van der Waals surface area contributed by atoms with Crippen LogP contribution in [-0.2, 0) is 44.3 Å². The summed E-state index contributed by atoms with van der Waals surface area (Å²) in [5.74, 6) is -4.46. The molecular formula is C40H69N8O11PS2. The summed E-state index contributed by atoms with van der Waals surface area (Å²) >= 11 is 0. The first-order valence-electron chi connectivity index (χ1n) is 21.6. The summed E-state index contributed by atoms with van der Waals surface area (Å²) in [5.41, 5.74) is 6.75. The van der Waals surface area contributed by atoms with Crippen LogP contribution in [0.3, 0.4) is 0 Å². The van der Waals surface area contributed by atoms with E-state index in [1.807, 2.05) is 0 Å². The van der Waals surface area contributed by atoms with E-state index in [0.717, 1.165) is 30.1 Å². The van der Waals surface area contributed by atoms with Gasteiger partial charge in [0.1, 0.15) is 36.3 Å². The zero-order chi connectivity index (χ0) is 45.9. The van der Waals surface area contributed by atoms with Gasteiger partial charge in [-0.1, -0.05) is 119 Å². The summed E-state index contributed by atoms with van der Waals surface area (Å²) in [5, 5.41) is 26.4. The highest BCUT2D eigenvalue weighted by Gasteiger charge is 2.31. The van der Waals surface area contributed by atoms with E-state index in [0.29, 0.717) is 17.6 Å². The molecular weight excluding hydrogens is 864 g/mol. The number of nitrogens with two attached hydrogens (primary N) is 1. The molecule has 8 N–H and O–H groups in total. The first-order valence-corrected chi connectivity index (χ1v) is 25.9. The zero-order valence-corrected chi connectivity index (χ0v) is 39.2. The van der Waals surface area contributed by atoms with Crippen molar-refractivity contribution in [1.29, 1.82) is 0 Å². The maximum atomic E-state index is 13.6. The topological polar surface area (TPSA) is 287 Å². The Balaban J connectivity index is 1.85. The molecule has 2 rings (SSSR count). The molecule has 0 aliphatic rings. The maximum Gasteiger partial charge on any atom is 0.353 e. The Hall–Kier alpha value is -3.49. The number of nitrogens with zero attached hydrogens (tertiary/aromatic N) is 4. The number of unbranched alkanes of at least 4 members (excludes halogenated alkanes) is 12. The number of carboxylic acids is 2. The second kappa shape index (κ2) is 30.6. The number of nitrogen functional groups attached to an aromatic ring is 1. The number of aliphatic carboxylic acids is 2. The molecule has 0 bridgehead atoms. The third kappa shape index (κ3) is 22.7. The quantitative estimate of drug-likeness (QED) is 0.0238.